The molecule has 23 heavy (non-hydrogen) atoms. The third-order valence-electron chi connectivity index (χ3n) is 5.63. The van der Waals surface area contributed by atoms with E-state index >= 15 is 0 Å². The second kappa shape index (κ2) is 5.53. The molecular weight excluding hydrogens is 300 g/mol. The predicted molar refractivity (Wildman–Crippen MR) is 80.7 cm³/mol. The largest absolute Gasteiger partial charge is 0.462 e. The van der Waals surface area contributed by atoms with E-state index in [4.69, 9.17) is 14.2 Å². The van der Waals surface area contributed by atoms with E-state index in [1.165, 1.54) is 6.92 Å². The Kier molecular flexibility index (Phi) is 4.06. The molecule has 1 saturated carbocycles. The molecule has 6 heteroatoms. The van der Waals surface area contributed by atoms with Gasteiger partial charge < -0.3 is 24.1 Å². The van der Waals surface area contributed by atoms with Crippen LogP contribution in [0.3, 0.4) is 0 Å². The van der Waals surface area contributed by atoms with Gasteiger partial charge in [-0.25, -0.2) is 0 Å². The van der Waals surface area contributed by atoms with Crippen LogP contribution in [-0.2, 0) is 23.8 Å². The van der Waals surface area contributed by atoms with Crippen LogP contribution >= 0.6 is 0 Å². The topological polar surface area (TPSA) is 88.7 Å². The number of carbonyl (C=O) groups is 2. The van der Waals surface area contributed by atoms with Gasteiger partial charge in [-0.05, 0) is 25.7 Å². The zero-order chi connectivity index (χ0) is 17.0. The Morgan fingerprint density at radius 1 is 1.39 bits per heavy atom. The minimum Gasteiger partial charge on any atom is -0.462 e. The summed E-state index contributed by atoms with van der Waals surface area (Å²) in [5.41, 5.74) is -1.27. The summed E-state index contributed by atoms with van der Waals surface area (Å²) in [5.74, 6) is -0.642. The van der Waals surface area contributed by atoms with Crippen LogP contribution in [0.5, 0.6) is 0 Å². The van der Waals surface area contributed by atoms with Crippen molar-refractivity contribution in [3.05, 3.63) is 0 Å². The van der Waals surface area contributed by atoms with Crippen molar-refractivity contribution in [2.24, 2.45) is 11.8 Å². The molecule has 7 atom stereocenters. The lowest BCUT2D eigenvalue weighted by Crippen LogP contribution is -2.45. The molecule has 1 unspecified atom stereocenters. The summed E-state index contributed by atoms with van der Waals surface area (Å²) in [6.07, 6.45) is 0.873. The fourth-order valence-electron chi connectivity index (χ4n) is 4.20. The van der Waals surface area contributed by atoms with Gasteiger partial charge in [-0.2, -0.15) is 0 Å². The summed E-state index contributed by atoms with van der Waals surface area (Å²) in [5, 5.41) is 10.8. The van der Waals surface area contributed by atoms with E-state index < -0.39 is 23.8 Å². The number of aliphatic hydroxyl groups is 1. The highest BCUT2D eigenvalue weighted by Crippen LogP contribution is 2.52. The Labute approximate surface area is 136 Å². The number of rotatable bonds is 3. The van der Waals surface area contributed by atoms with Gasteiger partial charge in [0.1, 0.15) is 12.2 Å². The zero-order valence-corrected chi connectivity index (χ0v) is 14.2. The molecule has 0 bridgehead atoms. The van der Waals surface area contributed by atoms with Gasteiger partial charge >= 0.3 is 5.97 Å². The maximum atomic E-state index is 11.6. The van der Waals surface area contributed by atoms with Crippen LogP contribution in [0.2, 0.25) is 0 Å². The standard InChI is InChI=1S/C17H26O6/c1-9(2)13-11(21-10(3)19)7-17(8-18)12(22-17)5-6-16(4)15(23-16)14(13)20/h8-9,11-15,20H,5-7H2,1-4H3/t11-,12-,13?,14+,15+,16-,17-/m1/s1. The summed E-state index contributed by atoms with van der Waals surface area (Å²) in [6, 6.07) is 0. The average Bonchev–Trinajstić information content (AvgIpc) is 3.31. The average molecular weight is 326 g/mol. The van der Waals surface area contributed by atoms with Crippen LogP contribution in [0.1, 0.15) is 47.0 Å². The van der Waals surface area contributed by atoms with Gasteiger partial charge in [-0.15, -0.1) is 0 Å². The molecule has 0 aromatic heterocycles. The molecule has 2 aliphatic heterocycles. The second-order valence-corrected chi connectivity index (χ2v) is 7.73. The molecule has 0 amide bonds. The number of carbonyl (C=O) groups excluding carboxylic acids is 2. The molecule has 3 aliphatic rings. The van der Waals surface area contributed by atoms with E-state index in [0.29, 0.717) is 12.8 Å². The first-order valence-electron chi connectivity index (χ1n) is 8.40. The van der Waals surface area contributed by atoms with Crippen LogP contribution in [-0.4, -0.2) is 53.0 Å². The lowest BCUT2D eigenvalue weighted by Gasteiger charge is -2.34. The monoisotopic (exact) mass is 326 g/mol. The number of hydrogen-bond acceptors (Lipinski definition) is 6. The third kappa shape index (κ3) is 2.92. The smallest absolute Gasteiger partial charge is 0.302 e. The molecule has 6 nitrogen and oxygen atoms in total. The second-order valence-electron chi connectivity index (χ2n) is 7.73. The van der Waals surface area contributed by atoms with Crippen molar-refractivity contribution in [2.45, 2.75) is 82.6 Å². The number of aliphatic hydroxyl groups excluding tert-OH is 1. The van der Waals surface area contributed by atoms with Crippen LogP contribution < -0.4 is 0 Å². The van der Waals surface area contributed by atoms with E-state index in [1.54, 1.807) is 0 Å². The van der Waals surface area contributed by atoms with Crippen molar-refractivity contribution in [3.8, 4) is 0 Å². The van der Waals surface area contributed by atoms with Gasteiger partial charge in [0.2, 0.25) is 0 Å². The summed E-state index contributed by atoms with van der Waals surface area (Å²) in [4.78, 5) is 23.1. The highest BCUT2D eigenvalue weighted by atomic mass is 16.6. The number of epoxide rings is 2. The Bertz CT molecular complexity index is 505. The van der Waals surface area contributed by atoms with Gasteiger partial charge in [0.15, 0.2) is 11.9 Å². The fraction of sp³-hybridized carbons (Fsp3) is 0.882. The molecule has 3 rings (SSSR count). The van der Waals surface area contributed by atoms with E-state index in [9.17, 15) is 14.7 Å². The van der Waals surface area contributed by atoms with E-state index in [2.05, 4.69) is 0 Å². The Morgan fingerprint density at radius 2 is 2.09 bits per heavy atom. The van der Waals surface area contributed by atoms with Crippen LogP contribution in [0, 0.1) is 11.8 Å². The van der Waals surface area contributed by atoms with Gasteiger partial charge in [0, 0.05) is 19.3 Å². The van der Waals surface area contributed by atoms with Gasteiger partial charge in [0.25, 0.3) is 0 Å². The molecule has 0 radical (unpaired) electrons. The van der Waals surface area contributed by atoms with Crippen molar-refractivity contribution in [3.63, 3.8) is 0 Å². The van der Waals surface area contributed by atoms with Crippen LogP contribution in [0.4, 0.5) is 0 Å². The number of ether oxygens (including phenoxy) is 3. The summed E-state index contributed by atoms with van der Waals surface area (Å²) < 4.78 is 17.0. The Morgan fingerprint density at radius 3 is 2.65 bits per heavy atom. The van der Waals surface area contributed by atoms with Crippen LogP contribution in [0.25, 0.3) is 0 Å². The van der Waals surface area contributed by atoms with E-state index in [-0.39, 0.29) is 29.6 Å². The summed E-state index contributed by atoms with van der Waals surface area (Å²) in [7, 11) is 0. The maximum Gasteiger partial charge on any atom is 0.302 e. The molecule has 3 fully saturated rings. The molecule has 1 N–H and O–H groups in total. The molecular formula is C17H26O6. The van der Waals surface area contributed by atoms with Crippen molar-refractivity contribution in [1.29, 1.82) is 0 Å². The third-order valence-corrected chi connectivity index (χ3v) is 5.63. The first-order valence-corrected chi connectivity index (χ1v) is 8.40. The quantitative estimate of drug-likeness (QED) is 0.477. The summed E-state index contributed by atoms with van der Waals surface area (Å²) >= 11 is 0. The van der Waals surface area contributed by atoms with E-state index in [1.807, 2.05) is 20.8 Å². The molecule has 0 spiro atoms. The first kappa shape index (κ1) is 16.9. The van der Waals surface area contributed by atoms with Crippen molar-refractivity contribution in [1.82, 2.24) is 0 Å². The maximum absolute atomic E-state index is 11.6. The Balaban J connectivity index is 1.92. The number of hydrogen-bond donors (Lipinski definition) is 1. The molecule has 2 saturated heterocycles. The molecule has 0 aromatic carbocycles. The molecule has 130 valence electrons. The minimum atomic E-state index is -0.884. The molecule has 0 aromatic rings. The SMILES string of the molecule is CC(=O)O[C@@H]1C[C@]2(C=O)O[C@@H]2CC[C@@]2(C)O[C@H]2[C@@H](O)C1C(C)C. The van der Waals surface area contributed by atoms with Crippen molar-refractivity contribution in [2.75, 3.05) is 0 Å². The minimum absolute atomic E-state index is 0.0723. The fourth-order valence-corrected chi connectivity index (χ4v) is 4.20. The summed E-state index contributed by atoms with van der Waals surface area (Å²) in [6.45, 7) is 7.29. The number of fused-ring (bicyclic) bond motifs is 2. The molecule has 2 heterocycles. The highest BCUT2D eigenvalue weighted by molar-refractivity contribution is 5.69. The van der Waals surface area contributed by atoms with Crippen molar-refractivity contribution < 1.29 is 28.9 Å². The van der Waals surface area contributed by atoms with Crippen molar-refractivity contribution >= 4 is 12.3 Å². The predicted octanol–water partition coefficient (Wildman–Crippen LogP) is 1.23. The molecule has 1 aliphatic carbocycles. The number of aldehydes is 1. The highest BCUT2D eigenvalue weighted by Gasteiger charge is 2.65. The normalized spacial score (nSPS) is 48.9. The zero-order valence-electron chi connectivity index (χ0n) is 14.2. The van der Waals surface area contributed by atoms with Gasteiger partial charge in [-0.3, -0.25) is 4.79 Å². The lowest BCUT2D eigenvalue weighted by molar-refractivity contribution is -0.156. The Hall–Kier alpha value is -0.980. The van der Waals surface area contributed by atoms with Gasteiger partial charge in [-0.1, -0.05) is 13.8 Å². The lowest BCUT2D eigenvalue weighted by atomic mass is 9.76. The first-order chi connectivity index (χ1) is 10.7. The van der Waals surface area contributed by atoms with E-state index in [0.717, 1.165) is 12.7 Å². The van der Waals surface area contributed by atoms with Gasteiger partial charge in [0.05, 0.1) is 17.8 Å². The number of esters is 1. The van der Waals surface area contributed by atoms with Crippen LogP contribution in [0.15, 0.2) is 0 Å².